The Bertz CT molecular complexity index is 1240. The first-order chi connectivity index (χ1) is 14.8. The van der Waals surface area contributed by atoms with Gasteiger partial charge in [0.25, 0.3) is 0 Å². The smallest absolute Gasteiger partial charge is 0.325 e. The van der Waals surface area contributed by atoms with Gasteiger partial charge < -0.3 is 5.32 Å². The molecule has 11 heteroatoms. The van der Waals surface area contributed by atoms with Crippen LogP contribution in [-0.4, -0.2) is 31.4 Å². The molecule has 31 heavy (non-hydrogen) atoms. The van der Waals surface area contributed by atoms with Crippen molar-refractivity contribution in [3.05, 3.63) is 72.4 Å². The van der Waals surface area contributed by atoms with Gasteiger partial charge in [-0.2, -0.15) is 18.3 Å². The van der Waals surface area contributed by atoms with Crippen molar-refractivity contribution in [2.24, 2.45) is 0 Å². The van der Waals surface area contributed by atoms with E-state index in [-0.39, 0.29) is 17.3 Å². The minimum absolute atomic E-state index is 0.0531. The SMILES string of the molecule is O=C(CSc1ncnc2c1cnn2-c1ccc(F)cc1)Nc1cccc(C(F)(F)F)c1. The van der Waals surface area contributed by atoms with Crippen LogP contribution in [0.15, 0.2) is 66.1 Å². The van der Waals surface area contributed by atoms with Gasteiger partial charge in [-0.3, -0.25) is 4.79 Å². The Morgan fingerprint density at radius 3 is 2.61 bits per heavy atom. The van der Waals surface area contributed by atoms with Gasteiger partial charge in [-0.1, -0.05) is 17.8 Å². The first-order valence-electron chi connectivity index (χ1n) is 8.86. The molecular formula is C20H13F4N5OS. The van der Waals surface area contributed by atoms with E-state index < -0.39 is 17.6 Å². The van der Waals surface area contributed by atoms with Crippen LogP contribution >= 0.6 is 11.8 Å². The van der Waals surface area contributed by atoms with Crippen LogP contribution in [0.1, 0.15) is 5.56 Å². The van der Waals surface area contributed by atoms with Crippen LogP contribution in [0.5, 0.6) is 0 Å². The first kappa shape index (κ1) is 20.8. The first-order valence-corrected chi connectivity index (χ1v) is 9.84. The third kappa shape index (κ3) is 4.66. The molecule has 0 saturated carbocycles. The fourth-order valence-electron chi connectivity index (χ4n) is 2.81. The summed E-state index contributed by atoms with van der Waals surface area (Å²) in [5.74, 6) is -0.941. The summed E-state index contributed by atoms with van der Waals surface area (Å²) in [6.45, 7) is 0. The number of nitrogens with zero attached hydrogens (tertiary/aromatic N) is 4. The molecule has 0 fully saturated rings. The number of hydrogen-bond acceptors (Lipinski definition) is 5. The van der Waals surface area contributed by atoms with Gasteiger partial charge in [-0.15, -0.1) is 0 Å². The number of anilines is 1. The molecule has 0 atom stereocenters. The van der Waals surface area contributed by atoms with Crippen LogP contribution in [0.4, 0.5) is 23.2 Å². The molecule has 1 N–H and O–H groups in total. The van der Waals surface area contributed by atoms with Gasteiger partial charge in [0.1, 0.15) is 17.2 Å². The van der Waals surface area contributed by atoms with Gasteiger partial charge >= 0.3 is 6.18 Å². The molecule has 2 aromatic heterocycles. The summed E-state index contributed by atoms with van der Waals surface area (Å²) in [4.78, 5) is 20.6. The van der Waals surface area contributed by atoms with Crippen LogP contribution in [0.2, 0.25) is 0 Å². The summed E-state index contributed by atoms with van der Waals surface area (Å²) in [5, 5.41) is 7.77. The number of halogens is 4. The molecule has 4 rings (SSSR count). The molecule has 2 heterocycles. The van der Waals surface area contributed by atoms with Crippen molar-refractivity contribution in [1.82, 2.24) is 19.7 Å². The van der Waals surface area contributed by atoms with Crippen molar-refractivity contribution in [3.8, 4) is 5.69 Å². The predicted octanol–water partition coefficient (Wildman–Crippen LogP) is 4.70. The zero-order chi connectivity index (χ0) is 22.0. The molecule has 0 unspecified atom stereocenters. The van der Waals surface area contributed by atoms with Gasteiger partial charge in [0.15, 0.2) is 5.65 Å². The number of hydrogen-bond donors (Lipinski definition) is 1. The lowest BCUT2D eigenvalue weighted by atomic mass is 10.2. The topological polar surface area (TPSA) is 72.7 Å². The van der Waals surface area contributed by atoms with E-state index in [0.29, 0.717) is 21.7 Å². The Balaban J connectivity index is 1.48. The van der Waals surface area contributed by atoms with Gasteiger partial charge in [0, 0.05) is 5.69 Å². The van der Waals surface area contributed by atoms with E-state index in [1.54, 1.807) is 12.1 Å². The summed E-state index contributed by atoms with van der Waals surface area (Å²) in [6.07, 6.45) is -1.64. The number of carbonyl (C=O) groups is 1. The fraction of sp³-hybridized carbons (Fsp3) is 0.100. The van der Waals surface area contributed by atoms with Crippen LogP contribution in [-0.2, 0) is 11.0 Å². The van der Waals surface area contributed by atoms with E-state index in [0.717, 1.165) is 23.9 Å². The predicted molar refractivity (Wildman–Crippen MR) is 107 cm³/mol. The molecule has 158 valence electrons. The van der Waals surface area contributed by atoms with E-state index >= 15 is 0 Å². The molecule has 0 aliphatic rings. The Hall–Kier alpha value is -3.47. The van der Waals surface area contributed by atoms with Crippen molar-refractivity contribution in [2.75, 3.05) is 11.1 Å². The van der Waals surface area contributed by atoms with Crippen LogP contribution in [0.3, 0.4) is 0 Å². The number of fused-ring (bicyclic) bond motifs is 1. The molecule has 0 aliphatic heterocycles. The van der Waals surface area contributed by atoms with E-state index in [2.05, 4.69) is 20.4 Å². The second kappa shape index (κ2) is 8.34. The maximum absolute atomic E-state index is 13.2. The standard InChI is InChI=1S/C20H13F4N5OS/c21-13-4-6-15(7-5-13)29-18-16(9-27-29)19(26-11-25-18)31-10-17(30)28-14-3-1-2-12(8-14)20(22,23)24/h1-9,11H,10H2,(H,28,30). The highest BCUT2D eigenvalue weighted by molar-refractivity contribution is 8.00. The number of aromatic nitrogens is 4. The number of carbonyl (C=O) groups excluding carboxylic acids is 1. The van der Waals surface area contributed by atoms with Crippen molar-refractivity contribution >= 4 is 34.4 Å². The van der Waals surface area contributed by atoms with Crippen LogP contribution < -0.4 is 5.32 Å². The van der Waals surface area contributed by atoms with E-state index in [1.807, 2.05) is 0 Å². The highest BCUT2D eigenvalue weighted by Gasteiger charge is 2.30. The zero-order valence-electron chi connectivity index (χ0n) is 15.6. The highest BCUT2D eigenvalue weighted by atomic mass is 32.2. The molecule has 1 amide bonds. The Morgan fingerprint density at radius 2 is 1.87 bits per heavy atom. The summed E-state index contributed by atoms with van der Waals surface area (Å²) in [6, 6.07) is 10.1. The molecule has 0 spiro atoms. The quantitative estimate of drug-likeness (QED) is 0.273. The van der Waals surface area contributed by atoms with Crippen molar-refractivity contribution in [1.29, 1.82) is 0 Å². The summed E-state index contributed by atoms with van der Waals surface area (Å²) >= 11 is 1.10. The third-order valence-corrected chi connectivity index (χ3v) is 5.22. The van der Waals surface area contributed by atoms with Gasteiger partial charge in [-0.25, -0.2) is 19.0 Å². The molecule has 0 aliphatic carbocycles. The van der Waals surface area contributed by atoms with Crippen molar-refractivity contribution < 1.29 is 22.4 Å². The number of alkyl halides is 3. The Kier molecular flexibility index (Phi) is 5.59. The zero-order valence-corrected chi connectivity index (χ0v) is 16.4. The largest absolute Gasteiger partial charge is 0.416 e. The fourth-order valence-corrected chi connectivity index (χ4v) is 3.57. The van der Waals surface area contributed by atoms with Gasteiger partial charge in [0.05, 0.1) is 28.6 Å². The van der Waals surface area contributed by atoms with Crippen LogP contribution in [0.25, 0.3) is 16.7 Å². The molecule has 0 radical (unpaired) electrons. The second-order valence-electron chi connectivity index (χ2n) is 6.36. The minimum Gasteiger partial charge on any atom is -0.325 e. The summed E-state index contributed by atoms with van der Waals surface area (Å²) in [7, 11) is 0. The average molecular weight is 447 g/mol. The van der Waals surface area contributed by atoms with Crippen LogP contribution in [0, 0.1) is 5.82 Å². The Morgan fingerprint density at radius 1 is 1.10 bits per heavy atom. The number of nitrogens with one attached hydrogen (secondary N) is 1. The molecule has 0 bridgehead atoms. The number of amides is 1. The Labute approximate surface area is 177 Å². The van der Waals surface area contributed by atoms with E-state index in [9.17, 15) is 22.4 Å². The highest BCUT2D eigenvalue weighted by Crippen LogP contribution is 2.31. The lowest BCUT2D eigenvalue weighted by molar-refractivity contribution is -0.137. The number of thioether (sulfide) groups is 1. The van der Waals surface area contributed by atoms with Gasteiger partial charge in [-0.05, 0) is 42.5 Å². The van der Waals surface area contributed by atoms with E-state index in [1.165, 1.54) is 41.5 Å². The lowest BCUT2D eigenvalue weighted by Gasteiger charge is -2.10. The minimum atomic E-state index is -4.49. The molecule has 0 saturated heterocycles. The van der Waals surface area contributed by atoms with Gasteiger partial charge in [0.2, 0.25) is 5.91 Å². The molecule has 4 aromatic rings. The molecule has 2 aromatic carbocycles. The molecular weight excluding hydrogens is 434 g/mol. The normalized spacial score (nSPS) is 11.6. The van der Waals surface area contributed by atoms with Crippen molar-refractivity contribution in [2.45, 2.75) is 11.2 Å². The maximum atomic E-state index is 13.2. The average Bonchev–Trinajstić information content (AvgIpc) is 3.17. The summed E-state index contributed by atoms with van der Waals surface area (Å²) < 4.78 is 53.1. The lowest BCUT2D eigenvalue weighted by Crippen LogP contribution is -2.15. The third-order valence-electron chi connectivity index (χ3n) is 4.21. The number of rotatable bonds is 5. The van der Waals surface area contributed by atoms with Crippen molar-refractivity contribution in [3.63, 3.8) is 0 Å². The van der Waals surface area contributed by atoms with E-state index in [4.69, 9.17) is 0 Å². The number of benzene rings is 2. The maximum Gasteiger partial charge on any atom is 0.416 e. The summed E-state index contributed by atoms with van der Waals surface area (Å²) in [5.41, 5.74) is 0.289. The monoisotopic (exact) mass is 447 g/mol. The second-order valence-corrected chi connectivity index (χ2v) is 7.33. The molecule has 6 nitrogen and oxygen atoms in total.